The summed E-state index contributed by atoms with van der Waals surface area (Å²) in [6.45, 7) is 3.39. The molecular formula is C20H19F2N3SY-2. The summed E-state index contributed by atoms with van der Waals surface area (Å²) in [5, 5.41) is 19.8. The summed E-state index contributed by atoms with van der Waals surface area (Å²) < 4.78 is 25.9. The van der Waals surface area contributed by atoms with Gasteiger partial charge in [0, 0.05) is 37.6 Å². The first-order valence-electron chi connectivity index (χ1n) is 8.58. The maximum absolute atomic E-state index is 13.1. The molecule has 3 nitrogen and oxygen atoms in total. The van der Waals surface area contributed by atoms with Crippen LogP contribution in [-0.2, 0) is 45.7 Å². The predicted molar refractivity (Wildman–Crippen MR) is 101 cm³/mol. The van der Waals surface area contributed by atoms with Crippen molar-refractivity contribution in [2.75, 3.05) is 19.6 Å². The number of fused-ring (bicyclic) bond motifs is 1. The van der Waals surface area contributed by atoms with Gasteiger partial charge in [-0.15, -0.1) is 37.5 Å². The van der Waals surface area contributed by atoms with E-state index in [1.54, 1.807) is 4.88 Å². The average molecular weight is 460 g/mol. The van der Waals surface area contributed by atoms with Gasteiger partial charge < -0.3 is 10.6 Å². The van der Waals surface area contributed by atoms with Gasteiger partial charge in [0.1, 0.15) is 0 Å². The summed E-state index contributed by atoms with van der Waals surface area (Å²) in [4.78, 5) is 1.55. The van der Waals surface area contributed by atoms with Crippen LogP contribution in [0.3, 0.4) is 0 Å². The number of benzene rings is 1. The molecule has 2 aliphatic rings. The van der Waals surface area contributed by atoms with Crippen molar-refractivity contribution in [1.82, 2.24) is 0 Å². The van der Waals surface area contributed by atoms with Gasteiger partial charge >= 0.3 is 0 Å². The van der Waals surface area contributed by atoms with E-state index in [-0.39, 0.29) is 32.7 Å². The second-order valence-corrected chi connectivity index (χ2v) is 7.12. The van der Waals surface area contributed by atoms with Crippen LogP contribution in [0, 0.1) is 23.0 Å². The first kappa shape index (κ1) is 22.3. The number of thiophene rings is 1. The van der Waals surface area contributed by atoms with Gasteiger partial charge in [-0.25, -0.2) is 8.78 Å². The number of hydrogen-bond donors (Lipinski definition) is 0. The van der Waals surface area contributed by atoms with Crippen LogP contribution in [0.5, 0.6) is 0 Å². The number of rotatable bonds is 1. The molecule has 0 N–H and O–H groups in total. The van der Waals surface area contributed by atoms with Crippen LogP contribution >= 0.6 is 11.3 Å². The minimum Gasteiger partial charge on any atom is -0.662 e. The van der Waals surface area contributed by atoms with Crippen LogP contribution in [0.25, 0.3) is 16.2 Å². The van der Waals surface area contributed by atoms with Crippen LogP contribution in [0.15, 0.2) is 35.2 Å². The Hall–Kier alpha value is -0.966. The first-order chi connectivity index (χ1) is 12.7. The van der Waals surface area contributed by atoms with Crippen molar-refractivity contribution < 1.29 is 41.5 Å². The van der Waals surface area contributed by atoms with Crippen molar-refractivity contribution in [2.45, 2.75) is 25.8 Å². The van der Waals surface area contributed by atoms with E-state index in [9.17, 15) is 8.78 Å². The molecule has 1 radical (unpaired) electrons. The summed E-state index contributed by atoms with van der Waals surface area (Å²) in [7, 11) is 0. The molecule has 0 bridgehead atoms. The van der Waals surface area contributed by atoms with E-state index in [0.29, 0.717) is 24.2 Å². The molecule has 139 valence electrons. The van der Waals surface area contributed by atoms with Gasteiger partial charge in [-0.05, 0) is 48.4 Å². The molecular weight excluding hydrogens is 441 g/mol. The molecule has 0 spiro atoms. The molecule has 0 saturated carbocycles. The second-order valence-electron chi connectivity index (χ2n) is 6.11. The molecule has 0 aliphatic carbocycles. The van der Waals surface area contributed by atoms with Crippen molar-refractivity contribution in [3.05, 3.63) is 73.5 Å². The summed E-state index contributed by atoms with van der Waals surface area (Å²) >= 11 is 1.87. The van der Waals surface area contributed by atoms with E-state index in [1.165, 1.54) is 18.1 Å². The summed E-state index contributed by atoms with van der Waals surface area (Å²) in [6, 6.07) is 7.83. The third kappa shape index (κ3) is 6.00. The third-order valence-electron chi connectivity index (χ3n) is 4.43. The van der Waals surface area contributed by atoms with Crippen LogP contribution in [0.4, 0.5) is 8.78 Å². The molecule has 2 aliphatic heterocycles. The Bertz CT molecular complexity index is 813. The molecule has 1 aromatic heterocycles. The van der Waals surface area contributed by atoms with E-state index in [4.69, 9.17) is 5.26 Å². The molecule has 4 rings (SSSR count). The van der Waals surface area contributed by atoms with E-state index in [2.05, 4.69) is 28.1 Å². The minimum absolute atomic E-state index is 0. The van der Waals surface area contributed by atoms with Gasteiger partial charge in [-0.1, -0.05) is 17.2 Å². The van der Waals surface area contributed by atoms with Gasteiger partial charge in [-0.3, -0.25) is 0 Å². The Labute approximate surface area is 187 Å². The Kier molecular flexibility index (Phi) is 9.21. The van der Waals surface area contributed by atoms with Gasteiger partial charge in [0.15, 0.2) is 11.6 Å². The molecule has 27 heavy (non-hydrogen) atoms. The zero-order valence-corrected chi connectivity index (χ0v) is 18.6. The topological polar surface area (TPSA) is 52.0 Å². The van der Waals surface area contributed by atoms with Gasteiger partial charge in [0.25, 0.3) is 0 Å². The zero-order chi connectivity index (χ0) is 18.4. The van der Waals surface area contributed by atoms with Crippen molar-refractivity contribution in [3.63, 3.8) is 0 Å². The summed E-state index contributed by atoms with van der Waals surface area (Å²) in [5.41, 5.74) is 3.34. The second kappa shape index (κ2) is 11.1. The smallest absolute Gasteiger partial charge is 0.159 e. The maximum atomic E-state index is 13.1. The SMILES string of the molecule is N#CC(=C1CC[N-]CC1)c1ccc(F)c(F)c1.[Y].c1cc2c(s1)CC[N-]C2. The molecule has 1 fully saturated rings. The van der Waals surface area contributed by atoms with Crippen molar-refractivity contribution >= 4 is 16.9 Å². The Morgan fingerprint density at radius 3 is 2.41 bits per heavy atom. The zero-order valence-electron chi connectivity index (χ0n) is 14.9. The summed E-state index contributed by atoms with van der Waals surface area (Å²) in [5.74, 6) is -1.81. The Morgan fingerprint density at radius 1 is 1.00 bits per heavy atom. The number of hydrogen-bond acceptors (Lipinski definition) is 2. The number of halogens is 2. The van der Waals surface area contributed by atoms with E-state index >= 15 is 0 Å². The molecule has 2 aromatic rings. The molecule has 0 amide bonds. The van der Waals surface area contributed by atoms with Crippen molar-refractivity contribution in [1.29, 1.82) is 5.26 Å². The minimum atomic E-state index is -0.920. The van der Waals surface area contributed by atoms with Gasteiger partial charge in [0.05, 0.1) is 11.6 Å². The quantitative estimate of drug-likeness (QED) is 0.513. The first-order valence-corrected chi connectivity index (χ1v) is 9.46. The van der Waals surface area contributed by atoms with Crippen LogP contribution < -0.4 is 0 Å². The molecule has 7 heteroatoms. The molecule has 1 aromatic carbocycles. The fourth-order valence-corrected chi connectivity index (χ4v) is 3.91. The molecule has 1 saturated heterocycles. The Balaban J connectivity index is 0.000000220. The van der Waals surface area contributed by atoms with Gasteiger partial charge in [-0.2, -0.15) is 5.26 Å². The van der Waals surface area contributed by atoms with Gasteiger partial charge in [0.2, 0.25) is 0 Å². The number of nitriles is 1. The standard InChI is InChI=1S/C13H11F2N2.C7H8NS.Y/c14-12-2-1-10(7-13(12)15)11(8-16)9-3-5-17-6-4-9;1-3-8-5-6-2-4-9-7(1)6;/h1-2,7H,3-6H2;2,4H,1,3,5H2;/q2*-1;. The number of allylic oxidation sites excluding steroid dienone is 1. The molecule has 3 heterocycles. The average Bonchev–Trinajstić information content (AvgIpc) is 3.15. The van der Waals surface area contributed by atoms with Crippen molar-refractivity contribution in [3.8, 4) is 6.07 Å². The predicted octanol–water partition coefficient (Wildman–Crippen LogP) is 5.58. The number of nitrogens with zero attached hydrogens (tertiary/aromatic N) is 3. The van der Waals surface area contributed by atoms with Crippen molar-refractivity contribution in [2.24, 2.45) is 0 Å². The van der Waals surface area contributed by atoms with E-state index in [1.807, 2.05) is 11.3 Å². The monoisotopic (exact) mass is 460 g/mol. The number of piperidine rings is 1. The normalized spacial score (nSPS) is 15.5. The fraction of sp³-hybridized carbons (Fsp3) is 0.350. The van der Waals surface area contributed by atoms with E-state index < -0.39 is 11.6 Å². The van der Waals surface area contributed by atoms with Crippen LogP contribution in [-0.4, -0.2) is 19.6 Å². The fourth-order valence-electron chi connectivity index (χ4n) is 3.02. The van der Waals surface area contributed by atoms with Crippen LogP contribution in [0.1, 0.15) is 28.8 Å². The third-order valence-corrected chi connectivity index (χ3v) is 5.46. The Morgan fingerprint density at radius 2 is 1.74 bits per heavy atom. The van der Waals surface area contributed by atoms with Crippen LogP contribution in [0.2, 0.25) is 0 Å². The largest absolute Gasteiger partial charge is 0.662 e. The summed E-state index contributed by atoms with van der Waals surface area (Å²) in [6.07, 6.45) is 2.62. The molecule has 0 unspecified atom stereocenters. The van der Waals surface area contributed by atoms with E-state index in [0.717, 1.165) is 43.6 Å². The molecule has 0 atom stereocenters. The maximum Gasteiger partial charge on any atom is 0.159 e.